The minimum Gasteiger partial charge on any atom is -0.352 e. The summed E-state index contributed by atoms with van der Waals surface area (Å²) in [5.74, 6) is 0.794. The fourth-order valence-corrected chi connectivity index (χ4v) is 2.22. The van der Waals surface area contributed by atoms with Gasteiger partial charge < -0.3 is 10.6 Å². The topological polar surface area (TPSA) is 54.2 Å². The Morgan fingerprint density at radius 1 is 1.39 bits per heavy atom. The highest BCUT2D eigenvalue weighted by atomic mass is 32.1. The average molecular weight is 263 g/mol. The maximum Gasteiger partial charge on any atom is 0.191 e. The molecule has 2 rings (SSSR count). The van der Waals surface area contributed by atoms with Crippen molar-refractivity contribution in [3.05, 3.63) is 40.3 Å². The Bertz CT molecular complexity index is 500. The molecule has 0 fully saturated rings. The van der Waals surface area contributed by atoms with Gasteiger partial charge in [0.2, 0.25) is 0 Å². The van der Waals surface area contributed by atoms with Gasteiger partial charge in [0.25, 0.3) is 0 Å². The minimum atomic E-state index is 0.708. The molecule has 18 heavy (non-hydrogen) atoms. The number of rotatable bonds is 4. The zero-order valence-corrected chi connectivity index (χ0v) is 11.4. The van der Waals surface area contributed by atoms with Crippen molar-refractivity contribution >= 4 is 17.3 Å². The number of hydrogen-bond acceptors (Lipinski definition) is 3. The van der Waals surface area contributed by atoms with Gasteiger partial charge >= 0.3 is 0 Å². The van der Waals surface area contributed by atoms with Crippen molar-refractivity contribution in [1.82, 2.24) is 20.4 Å². The van der Waals surface area contributed by atoms with E-state index >= 15 is 0 Å². The molecular weight excluding hydrogens is 246 g/mol. The first-order valence-electron chi connectivity index (χ1n) is 5.72. The number of nitrogens with one attached hydrogen (secondary N) is 2. The van der Waals surface area contributed by atoms with Crippen LogP contribution < -0.4 is 10.6 Å². The van der Waals surface area contributed by atoms with Crippen molar-refractivity contribution in [2.45, 2.75) is 13.1 Å². The maximum atomic E-state index is 4.18. The quantitative estimate of drug-likeness (QED) is 0.646. The van der Waals surface area contributed by atoms with E-state index in [0.717, 1.165) is 18.2 Å². The lowest BCUT2D eigenvalue weighted by Crippen LogP contribution is -2.36. The highest BCUT2D eigenvalue weighted by molar-refractivity contribution is 7.07. The fourth-order valence-electron chi connectivity index (χ4n) is 1.55. The van der Waals surface area contributed by atoms with Gasteiger partial charge in [-0.05, 0) is 28.5 Å². The summed E-state index contributed by atoms with van der Waals surface area (Å²) < 4.78 is 1.85. The third-order valence-electron chi connectivity index (χ3n) is 2.62. The van der Waals surface area contributed by atoms with Crippen molar-refractivity contribution in [2.24, 2.45) is 12.0 Å². The Morgan fingerprint density at radius 3 is 2.83 bits per heavy atom. The Kier molecular flexibility index (Phi) is 4.35. The number of hydrogen-bond donors (Lipinski definition) is 2. The van der Waals surface area contributed by atoms with Crippen molar-refractivity contribution in [3.8, 4) is 0 Å². The lowest BCUT2D eigenvalue weighted by molar-refractivity contribution is 0.684. The van der Waals surface area contributed by atoms with E-state index in [9.17, 15) is 0 Å². The van der Waals surface area contributed by atoms with E-state index in [0.29, 0.717) is 6.54 Å². The van der Waals surface area contributed by atoms with E-state index in [4.69, 9.17) is 0 Å². The van der Waals surface area contributed by atoms with Crippen LogP contribution in [0.2, 0.25) is 0 Å². The van der Waals surface area contributed by atoms with Crippen LogP contribution in [0.3, 0.4) is 0 Å². The molecule has 0 saturated carbocycles. The molecule has 0 aromatic carbocycles. The van der Waals surface area contributed by atoms with E-state index in [1.54, 1.807) is 24.6 Å². The first-order chi connectivity index (χ1) is 8.79. The Hall–Kier alpha value is -1.82. The predicted molar refractivity (Wildman–Crippen MR) is 74.6 cm³/mol. The van der Waals surface area contributed by atoms with Crippen molar-refractivity contribution in [2.75, 3.05) is 7.05 Å². The molecule has 0 aliphatic rings. The largest absolute Gasteiger partial charge is 0.352 e. The highest BCUT2D eigenvalue weighted by Gasteiger charge is 2.01. The van der Waals surface area contributed by atoms with Gasteiger partial charge in [-0.25, -0.2) is 0 Å². The molecule has 96 valence electrons. The van der Waals surface area contributed by atoms with Crippen LogP contribution in [0.25, 0.3) is 0 Å². The molecule has 2 heterocycles. The normalized spacial score (nSPS) is 11.6. The molecule has 0 bridgehead atoms. The van der Waals surface area contributed by atoms with Gasteiger partial charge in [0.15, 0.2) is 5.96 Å². The molecule has 0 atom stereocenters. The van der Waals surface area contributed by atoms with Crippen molar-refractivity contribution in [3.63, 3.8) is 0 Å². The molecule has 0 aliphatic heterocycles. The Labute approximate surface area is 111 Å². The van der Waals surface area contributed by atoms with E-state index in [-0.39, 0.29) is 0 Å². The van der Waals surface area contributed by atoms with Gasteiger partial charge in [0.1, 0.15) is 0 Å². The maximum absolute atomic E-state index is 4.18. The van der Waals surface area contributed by atoms with Crippen LogP contribution in [-0.4, -0.2) is 22.8 Å². The molecule has 0 amide bonds. The molecule has 2 aromatic heterocycles. The van der Waals surface area contributed by atoms with Crippen molar-refractivity contribution < 1.29 is 0 Å². The van der Waals surface area contributed by atoms with Gasteiger partial charge in [-0.3, -0.25) is 9.67 Å². The van der Waals surface area contributed by atoms with E-state index < -0.39 is 0 Å². The highest BCUT2D eigenvalue weighted by Crippen LogP contribution is 2.04. The van der Waals surface area contributed by atoms with Crippen molar-refractivity contribution in [1.29, 1.82) is 0 Å². The van der Waals surface area contributed by atoms with Gasteiger partial charge in [0.05, 0.1) is 12.2 Å². The zero-order valence-electron chi connectivity index (χ0n) is 10.6. The second kappa shape index (κ2) is 6.20. The number of thiophene rings is 1. The SMILES string of the molecule is CN=C(NCc1ccsc1)NCc1ccnn1C. The van der Waals surface area contributed by atoms with Gasteiger partial charge in [0, 0.05) is 26.8 Å². The second-order valence-corrected chi connectivity index (χ2v) is 4.64. The lowest BCUT2D eigenvalue weighted by Gasteiger charge is -2.11. The van der Waals surface area contributed by atoms with Crippen LogP contribution >= 0.6 is 11.3 Å². The molecule has 5 nitrogen and oxygen atoms in total. The Balaban J connectivity index is 1.81. The molecule has 6 heteroatoms. The molecule has 0 radical (unpaired) electrons. The molecule has 0 aliphatic carbocycles. The van der Waals surface area contributed by atoms with Crippen LogP contribution in [0.15, 0.2) is 34.1 Å². The van der Waals surface area contributed by atoms with Gasteiger partial charge in [-0.15, -0.1) is 0 Å². The number of guanidine groups is 1. The first kappa shape index (κ1) is 12.6. The summed E-state index contributed by atoms with van der Waals surface area (Å²) in [6.45, 7) is 1.49. The number of aromatic nitrogens is 2. The smallest absolute Gasteiger partial charge is 0.191 e. The Morgan fingerprint density at radius 2 is 2.22 bits per heavy atom. The van der Waals surface area contributed by atoms with Crippen LogP contribution in [0, 0.1) is 0 Å². The van der Waals surface area contributed by atoms with E-state index in [2.05, 4.69) is 37.6 Å². The molecule has 0 spiro atoms. The number of aryl methyl sites for hydroxylation is 1. The van der Waals surface area contributed by atoms with Gasteiger partial charge in [-0.1, -0.05) is 0 Å². The monoisotopic (exact) mass is 263 g/mol. The lowest BCUT2D eigenvalue weighted by atomic mass is 10.3. The third-order valence-corrected chi connectivity index (χ3v) is 3.36. The number of nitrogens with zero attached hydrogens (tertiary/aromatic N) is 3. The predicted octanol–water partition coefficient (Wildman–Crippen LogP) is 1.35. The minimum absolute atomic E-state index is 0.708. The van der Waals surface area contributed by atoms with Crippen LogP contribution in [-0.2, 0) is 20.1 Å². The summed E-state index contributed by atoms with van der Waals surface area (Å²) in [6.07, 6.45) is 1.79. The van der Waals surface area contributed by atoms with Crippen LogP contribution in [0.5, 0.6) is 0 Å². The average Bonchev–Trinajstić information content (AvgIpc) is 3.01. The first-order valence-corrected chi connectivity index (χ1v) is 6.66. The molecule has 2 N–H and O–H groups in total. The van der Waals surface area contributed by atoms with E-state index in [1.807, 2.05) is 17.8 Å². The summed E-state index contributed by atoms with van der Waals surface area (Å²) in [5, 5.41) is 14.8. The number of aliphatic imine (C=N–C) groups is 1. The van der Waals surface area contributed by atoms with E-state index in [1.165, 1.54) is 5.56 Å². The van der Waals surface area contributed by atoms with Crippen LogP contribution in [0.4, 0.5) is 0 Å². The molecule has 0 saturated heterocycles. The van der Waals surface area contributed by atoms with Gasteiger partial charge in [-0.2, -0.15) is 16.4 Å². The standard InChI is InChI=1S/C12H17N5S/c1-13-12(14-7-10-4-6-18-9-10)15-8-11-3-5-16-17(11)2/h3-6,9H,7-8H2,1-2H3,(H2,13,14,15). The summed E-state index contributed by atoms with van der Waals surface area (Å²) in [6, 6.07) is 4.09. The summed E-state index contributed by atoms with van der Waals surface area (Å²) in [4.78, 5) is 4.18. The molecule has 0 unspecified atom stereocenters. The zero-order chi connectivity index (χ0) is 12.8. The summed E-state index contributed by atoms with van der Waals surface area (Å²) in [5.41, 5.74) is 2.39. The summed E-state index contributed by atoms with van der Waals surface area (Å²) >= 11 is 1.70. The fraction of sp³-hybridized carbons (Fsp3) is 0.333. The molecule has 2 aromatic rings. The van der Waals surface area contributed by atoms with Crippen LogP contribution in [0.1, 0.15) is 11.3 Å². The summed E-state index contributed by atoms with van der Waals surface area (Å²) in [7, 11) is 3.70. The second-order valence-electron chi connectivity index (χ2n) is 3.86. The third kappa shape index (κ3) is 3.33. The molecular formula is C12H17N5S.